The molecule has 94 valence electrons. The summed E-state index contributed by atoms with van der Waals surface area (Å²) in [6.45, 7) is 8.47. The summed E-state index contributed by atoms with van der Waals surface area (Å²) in [5, 5.41) is 10.0. The molecule has 4 heteroatoms. The molecule has 0 rings (SSSR count). The van der Waals surface area contributed by atoms with Crippen molar-refractivity contribution in [2.45, 2.75) is 40.3 Å². The molecule has 0 aromatic heterocycles. The number of rotatable bonds is 6. The molecule has 0 fully saturated rings. The first kappa shape index (κ1) is 15.1. The van der Waals surface area contributed by atoms with Gasteiger partial charge in [0.15, 0.2) is 0 Å². The number of hydrogen-bond donors (Lipinski definition) is 1. The van der Waals surface area contributed by atoms with E-state index < -0.39 is 12.2 Å². The molecule has 0 spiro atoms. The predicted octanol–water partition coefficient (Wildman–Crippen LogP) is 1.55. The van der Waals surface area contributed by atoms with E-state index in [1.54, 1.807) is 18.9 Å². The highest BCUT2D eigenvalue weighted by Gasteiger charge is 2.24. The van der Waals surface area contributed by atoms with Gasteiger partial charge >= 0.3 is 5.97 Å². The quantitative estimate of drug-likeness (QED) is 0.426. The van der Waals surface area contributed by atoms with Gasteiger partial charge in [0.05, 0.1) is 12.2 Å². The van der Waals surface area contributed by atoms with Gasteiger partial charge in [0.2, 0.25) is 0 Å². The molecular formula is C12H23NO3. The summed E-state index contributed by atoms with van der Waals surface area (Å²) in [6.07, 6.45) is -0.160. The maximum Gasteiger partial charge on any atom is 0.337 e. The SMILES string of the molecule is CCOC(=O)C(=C(C)CC)C(O)N(C)CC. The monoisotopic (exact) mass is 229 g/mol. The van der Waals surface area contributed by atoms with Crippen LogP contribution in [0.1, 0.15) is 34.1 Å². The van der Waals surface area contributed by atoms with Gasteiger partial charge < -0.3 is 9.84 Å². The molecule has 0 aliphatic heterocycles. The number of allylic oxidation sites excluding steroid dienone is 1. The van der Waals surface area contributed by atoms with Gasteiger partial charge in [-0.05, 0) is 33.9 Å². The molecule has 0 saturated heterocycles. The fraction of sp³-hybridized carbons (Fsp3) is 0.750. The van der Waals surface area contributed by atoms with Crippen molar-refractivity contribution in [3.05, 3.63) is 11.1 Å². The summed E-state index contributed by atoms with van der Waals surface area (Å²) in [6, 6.07) is 0. The number of nitrogens with zero attached hydrogens (tertiary/aromatic N) is 1. The summed E-state index contributed by atoms with van der Waals surface area (Å²) in [7, 11) is 1.77. The number of aliphatic hydroxyl groups excluding tert-OH is 1. The van der Waals surface area contributed by atoms with Crippen molar-refractivity contribution in [3.63, 3.8) is 0 Å². The van der Waals surface area contributed by atoms with Crippen LogP contribution in [-0.4, -0.2) is 42.4 Å². The van der Waals surface area contributed by atoms with Crippen LogP contribution >= 0.6 is 0 Å². The van der Waals surface area contributed by atoms with Gasteiger partial charge in [-0.2, -0.15) is 0 Å². The standard InChI is InChI=1S/C12H23NO3/c1-6-9(4)10(12(15)16-8-3)11(14)13(5)7-2/h11,14H,6-8H2,1-5H3. The van der Waals surface area contributed by atoms with Crippen LogP contribution in [0.2, 0.25) is 0 Å². The van der Waals surface area contributed by atoms with E-state index in [1.165, 1.54) is 0 Å². The molecule has 1 N–H and O–H groups in total. The number of ether oxygens (including phenoxy) is 1. The average Bonchev–Trinajstić information content (AvgIpc) is 2.28. The lowest BCUT2D eigenvalue weighted by molar-refractivity contribution is -0.141. The number of carbonyl (C=O) groups is 1. The fourth-order valence-corrected chi connectivity index (χ4v) is 1.29. The second-order valence-corrected chi connectivity index (χ2v) is 3.71. The van der Waals surface area contributed by atoms with Crippen LogP contribution in [0.3, 0.4) is 0 Å². The first-order valence-corrected chi connectivity index (χ1v) is 5.74. The third-order valence-corrected chi connectivity index (χ3v) is 2.66. The third kappa shape index (κ3) is 3.94. The molecule has 0 saturated carbocycles. The number of esters is 1. The van der Waals surface area contributed by atoms with Gasteiger partial charge in [0.25, 0.3) is 0 Å². The van der Waals surface area contributed by atoms with Gasteiger partial charge in [0, 0.05) is 0 Å². The van der Waals surface area contributed by atoms with E-state index in [9.17, 15) is 9.90 Å². The maximum atomic E-state index is 11.7. The molecule has 1 atom stereocenters. The Bertz CT molecular complexity index is 261. The van der Waals surface area contributed by atoms with E-state index in [1.807, 2.05) is 20.8 Å². The Balaban J connectivity index is 5.03. The topological polar surface area (TPSA) is 49.8 Å². The molecule has 1 unspecified atom stereocenters. The molecule has 0 aliphatic rings. The molecule has 0 aliphatic carbocycles. The molecule has 0 radical (unpaired) electrons. The fourth-order valence-electron chi connectivity index (χ4n) is 1.29. The summed E-state index contributed by atoms with van der Waals surface area (Å²) < 4.78 is 4.96. The molecule has 0 aromatic rings. The lowest BCUT2D eigenvalue weighted by Gasteiger charge is -2.24. The van der Waals surface area contributed by atoms with Crippen LogP contribution in [0, 0.1) is 0 Å². The third-order valence-electron chi connectivity index (χ3n) is 2.66. The van der Waals surface area contributed by atoms with Crippen LogP contribution in [0.5, 0.6) is 0 Å². The second kappa shape index (κ2) is 7.41. The van der Waals surface area contributed by atoms with Crippen molar-refractivity contribution in [2.75, 3.05) is 20.2 Å². The Morgan fingerprint density at radius 2 is 1.94 bits per heavy atom. The molecule has 0 heterocycles. The zero-order valence-electron chi connectivity index (χ0n) is 10.9. The minimum atomic E-state index is -0.885. The lowest BCUT2D eigenvalue weighted by Crippen LogP contribution is -2.36. The Kier molecular flexibility index (Phi) is 7.01. The molecule has 4 nitrogen and oxygen atoms in total. The maximum absolute atomic E-state index is 11.7. The molecule has 0 aromatic carbocycles. The molecule has 16 heavy (non-hydrogen) atoms. The van der Waals surface area contributed by atoms with Crippen molar-refractivity contribution in [1.29, 1.82) is 0 Å². The summed E-state index contributed by atoms with van der Waals surface area (Å²) in [5.74, 6) is -0.422. The minimum Gasteiger partial charge on any atom is -0.463 e. The molecule has 0 amide bonds. The molecular weight excluding hydrogens is 206 g/mol. The zero-order valence-corrected chi connectivity index (χ0v) is 10.9. The van der Waals surface area contributed by atoms with E-state index in [0.29, 0.717) is 18.7 Å². The first-order valence-electron chi connectivity index (χ1n) is 5.74. The lowest BCUT2D eigenvalue weighted by atomic mass is 10.1. The molecule has 0 bridgehead atoms. The number of carbonyl (C=O) groups excluding carboxylic acids is 1. The van der Waals surface area contributed by atoms with Crippen molar-refractivity contribution in [2.24, 2.45) is 0 Å². The van der Waals surface area contributed by atoms with Gasteiger partial charge in [-0.25, -0.2) is 4.79 Å². The minimum absolute atomic E-state index is 0.321. The number of aliphatic hydroxyl groups is 1. The Morgan fingerprint density at radius 1 is 1.38 bits per heavy atom. The number of hydrogen-bond acceptors (Lipinski definition) is 4. The first-order chi connectivity index (χ1) is 7.49. The van der Waals surface area contributed by atoms with E-state index in [-0.39, 0.29) is 0 Å². The summed E-state index contributed by atoms with van der Waals surface area (Å²) in [5.41, 5.74) is 1.24. The van der Waals surface area contributed by atoms with Crippen LogP contribution in [0.15, 0.2) is 11.1 Å². The van der Waals surface area contributed by atoms with Gasteiger partial charge in [-0.1, -0.05) is 19.4 Å². The van der Waals surface area contributed by atoms with Crippen molar-refractivity contribution < 1.29 is 14.6 Å². The smallest absolute Gasteiger partial charge is 0.337 e. The van der Waals surface area contributed by atoms with Crippen LogP contribution in [0.4, 0.5) is 0 Å². The number of likely N-dealkylation sites (N-methyl/N-ethyl adjacent to an activating group) is 1. The van der Waals surface area contributed by atoms with E-state index in [4.69, 9.17) is 4.74 Å². The van der Waals surface area contributed by atoms with Gasteiger partial charge in [-0.15, -0.1) is 0 Å². The summed E-state index contributed by atoms with van der Waals surface area (Å²) >= 11 is 0. The zero-order chi connectivity index (χ0) is 12.7. The van der Waals surface area contributed by atoms with E-state index in [2.05, 4.69) is 0 Å². The largest absolute Gasteiger partial charge is 0.463 e. The highest BCUT2D eigenvalue weighted by atomic mass is 16.5. The van der Waals surface area contributed by atoms with Crippen LogP contribution in [0.25, 0.3) is 0 Å². The van der Waals surface area contributed by atoms with E-state index >= 15 is 0 Å². The second-order valence-electron chi connectivity index (χ2n) is 3.71. The van der Waals surface area contributed by atoms with Gasteiger partial charge in [0.1, 0.15) is 6.23 Å². The Hall–Kier alpha value is -0.870. The normalized spacial score (nSPS) is 14.7. The summed E-state index contributed by atoms with van der Waals surface area (Å²) in [4.78, 5) is 13.4. The van der Waals surface area contributed by atoms with Crippen molar-refractivity contribution in [1.82, 2.24) is 4.90 Å². The van der Waals surface area contributed by atoms with Crippen molar-refractivity contribution in [3.8, 4) is 0 Å². The highest BCUT2D eigenvalue weighted by Crippen LogP contribution is 2.16. The van der Waals surface area contributed by atoms with Crippen molar-refractivity contribution >= 4 is 5.97 Å². The predicted molar refractivity (Wildman–Crippen MR) is 63.9 cm³/mol. The average molecular weight is 229 g/mol. The van der Waals surface area contributed by atoms with Crippen LogP contribution in [-0.2, 0) is 9.53 Å². The van der Waals surface area contributed by atoms with Gasteiger partial charge in [-0.3, -0.25) is 4.90 Å². The van der Waals surface area contributed by atoms with Crippen LogP contribution < -0.4 is 0 Å². The Morgan fingerprint density at radius 3 is 2.31 bits per heavy atom. The Labute approximate surface area is 97.9 Å². The highest BCUT2D eigenvalue weighted by molar-refractivity contribution is 5.90. The van der Waals surface area contributed by atoms with E-state index in [0.717, 1.165) is 12.0 Å².